The number of nitrogens with one attached hydrogen (secondary N) is 1. The largest absolute Gasteiger partial charge is 0.495 e. The van der Waals surface area contributed by atoms with Gasteiger partial charge in [-0.25, -0.2) is 8.42 Å². The van der Waals surface area contributed by atoms with Crippen LogP contribution in [-0.4, -0.2) is 34.6 Å². The van der Waals surface area contributed by atoms with E-state index in [2.05, 4.69) is 5.32 Å². The van der Waals surface area contributed by atoms with Crippen molar-refractivity contribution < 1.29 is 22.7 Å². The van der Waals surface area contributed by atoms with Gasteiger partial charge in [-0.3, -0.25) is 9.10 Å². The fourth-order valence-electron chi connectivity index (χ4n) is 3.15. The summed E-state index contributed by atoms with van der Waals surface area (Å²) in [5.41, 5.74) is 0.844. The second-order valence-electron chi connectivity index (χ2n) is 6.83. The van der Waals surface area contributed by atoms with Crippen LogP contribution in [0.1, 0.15) is 13.3 Å². The number of rotatable bonds is 10. The van der Waals surface area contributed by atoms with Gasteiger partial charge in [0.25, 0.3) is 10.0 Å². The zero-order chi connectivity index (χ0) is 23.0. The van der Waals surface area contributed by atoms with Crippen LogP contribution in [0.4, 0.5) is 11.4 Å². The molecule has 3 aromatic rings. The summed E-state index contributed by atoms with van der Waals surface area (Å²) in [5.74, 6) is 0.722. The molecule has 1 N–H and O–H groups in total. The van der Waals surface area contributed by atoms with Crippen LogP contribution in [0.5, 0.6) is 11.5 Å². The molecule has 0 spiro atoms. The van der Waals surface area contributed by atoms with E-state index in [0.717, 1.165) is 0 Å². The van der Waals surface area contributed by atoms with Crippen molar-refractivity contribution in [1.29, 1.82) is 0 Å². The fourth-order valence-corrected chi connectivity index (χ4v) is 4.65. The van der Waals surface area contributed by atoms with Crippen LogP contribution in [-0.2, 0) is 14.8 Å². The van der Waals surface area contributed by atoms with Crippen molar-refractivity contribution >= 4 is 27.3 Å². The van der Waals surface area contributed by atoms with Gasteiger partial charge in [-0.05, 0) is 49.4 Å². The Kier molecular flexibility index (Phi) is 7.72. The lowest BCUT2D eigenvalue weighted by molar-refractivity contribution is -0.116. The first-order valence-corrected chi connectivity index (χ1v) is 11.6. The van der Waals surface area contributed by atoms with Gasteiger partial charge in [-0.1, -0.05) is 36.4 Å². The first-order chi connectivity index (χ1) is 15.5. The van der Waals surface area contributed by atoms with E-state index < -0.39 is 10.0 Å². The summed E-state index contributed by atoms with van der Waals surface area (Å²) in [6.45, 7) is 2.22. The van der Waals surface area contributed by atoms with Crippen LogP contribution in [0.2, 0.25) is 0 Å². The number of ether oxygens (including phenoxy) is 2. The van der Waals surface area contributed by atoms with Gasteiger partial charge in [0.05, 0.1) is 36.4 Å². The quantitative estimate of drug-likeness (QED) is 0.493. The molecule has 0 aromatic heterocycles. The number of amides is 1. The predicted molar refractivity (Wildman–Crippen MR) is 125 cm³/mol. The number of nitrogens with zero attached hydrogens (tertiary/aromatic N) is 1. The molecule has 7 nitrogen and oxygen atoms in total. The molecule has 0 aliphatic rings. The summed E-state index contributed by atoms with van der Waals surface area (Å²) in [6.07, 6.45) is 0.0973. The molecule has 0 saturated heterocycles. The molecule has 0 aliphatic heterocycles. The Hall–Kier alpha value is -3.52. The van der Waals surface area contributed by atoms with E-state index in [-0.39, 0.29) is 36.1 Å². The lowest BCUT2D eigenvalue weighted by Gasteiger charge is -2.23. The van der Waals surface area contributed by atoms with Crippen molar-refractivity contribution in [2.24, 2.45) is 0 Å². The molecule has 8 heteroatoms. The van der Waals surface area contributed by atoms with Gasteiger partial charge in [0.1, 0.15) is 11.5 Å². The normalized spacial score (nSPS) is 10.9. The van der Waals surface area contributed by atoms with E-state index in [0.29, 0.717) is 17.2 Å². The van der Waals surface area contributed by atoms with E-state index in [1.54, 1.807) is 31.2 Å². The van der Waals surface area contributed by atoms with E-state index in [4.69, 9.17) is 9.47 Å². The zero-order valence-corrected chi connectivity index (χ0v) is 18.8. The van der Waals surface area contributed by atoms with Crippen molar-refractivity contribution in [2.75, 3.05) is 29.9 Å². The summed E-state index contributed by atoms with van der Waals surface area (Å²) in [7, 11) is -2.38. The molecule has 32 heavy (non-hydrogen) atoms. The van der Waals surface area contributed by atoms with Gasteiger partial charge >= 0.3 is 0 Å². The van der Waals surface area contributed by atoms with E-state index in [1.165, 1.54) is 29.6 Å². The highest BCUT2D eigenvalue weighted by atomic mass is 32.2. The lowest BCUT2D eigenvalue weighted by atomic mass is 10.2. The second-order valence-corrected chi connectivity index (χ2v) is 8.69. The monoisotopic (exact) mass is 454 g/mol. The van der Waals surface area contributed by atoms with Gasteiger partial charge < -0.3 is 14.8 Å². The van der Waals surface area contributed by atoms with Crippen LogP contribution in [0.25, 0.3) is 0 Å². The molecular formula is C24H26N2O5S. The Morgan fingerprint density at radius 1 is 0.969 bits per heavy atom. The van der Waals surface area contributed by atoms with Crippen LogP contribution in [0.15, 0.2) is 83.8 Å². The minimum Gasteiger partial charge on any atom is -0.495 e. The zero-order valence-electron chi connectivity index (χ0n) is 18.0. The number of methoxy groups -OCH3 is 1. The Labute approximate surface area is 188 Å². The summed E-state index contributed by atoms with van der Waals surface area (Å²) in [4.78, 5) is 12.5. The highest BCUT2D eigenvalue weighted by Gasteiger charge is 2.25. The number of hydrogen-bond donors (Lipinski definition) is 1. The average Bonchev–Trinajstić information content (AvgIpc) is 2.80. The van der Waals surface area contributed by atoms with Crippen molar-refractivity contribution in [3.63, 3.8) is 0 Å². The lowest BCUT2D eigenvalue weighted by Crippen LogP contribution is -2.30. The third-order valence-electron chi connectivity index (χ3n) is 4.71. The predicted octanol–water partition coefficient (Wildman–Crippen LogP) is 4.32. The molecule has 1 amide bonds. The van der Waals surface area contributed by atoms with Crippen molar-refractivity contribution in [1.82, 2.24) is 0 Å². The first kappa shape index (κ1) is 23.1. The molecule has 0 unspecified atom stereocenters. The number of sulfonamides is 1. The van der Waals surface area contributed by atoms with Gasteiger partial charge in [0, 0.05) is 6.54 Å². The molecular weight excluding hydrogens is 428 g/mol. The number of carbonyl (C=O) groups is 1. The van der Waals surface area contributed by atoms with Gasteiger partial charge in [-0.2, -0.15) is 0 Å². The number of benzene rings is 3. The third kappa shape index (κ3) is 5.59. The second kappa shape index (κ2) is 10.7. The van der Waals surface area contributed by atoms with Gasteiger partial charge in [-0.15, -0.1) is 0 Å². The maximum atomic E-state index is 13.3. The molecule has 168 valence electrons. The molecule has 0 fully saturated rings. The van der Waals surface area contributed by atoms with Crippen LogP contribution < -0.4 is 19.1 Å². The molecule has 3 rings (SSSR count). The van der Waals surface area contributed by atoms with Crippen molar-refractivity contribution in [3.8, 4) is 11.5 Å². The Morgan fingerprint density at radius 3 is 2.25 bits per heavy atom. The Bertz CT molecular complexity index is 1140. The summed E-state index contributed by atoms with van der Waals surface area (Å²) < 4.78 is 38.7. The summed E-state index contributed by atoms with van der Waals surface area (Å²) in [5, 5.41) is 2.73. The number of carbonyl (C=O) groups excluding carboxylic acids is 1. The number of hydrogen-bond acceptors (Lipinski definition) is 5. The van der Waals surface area contributed by atoms with Crippen molar-refractivity contribution in [2.45, 2.75) is 18.2 Å². The smallest absolute Gasteiger partial charge is 0.264 e. The van der Waals surface area contributed by atoms with Gasteiger partial charge in [0.15, 0.2) is 0 Å². The van der Waals surface area contributed by atoms with Crippen LogP contribution in [0, 0.1) is 0 Å². The molecule has 0 aliphatic carbocycles. The topological polar surface area (TPSA) is 84.9 Å². The highest BCUT2D eigenvalue weighted by Crippen LogP contribution is 2.30. The summed E-state index contributed by atoms with van der Waals surface area (Å²) in [6, 6.07) is 22.5. The average molecular weight is 455 g/mol. The molecule has 0 bridgehead atoms. The minimum absolute atomic E-state index is 0.0554. The summed E-state index contributed by atoms with van der Waals surface area (Å²) >= 11 is 0. The first-order valence-electron chi connectivity index (χ1n) is 10.2. The minimum atomic E-state index is -3.84. The maximum absolute atomic E-state index is 13.3. The van der Waals surface area contributed by atoms with Gasteiger partial charge in [0.2, 0.25) is 5.91 Å². The molecule has 0 heterocycles. The SMILES string of the molecule is CCN(c1ccccc1)S(=O)(=O)c1ccc(OC)c(NC(=O)CCOc2ccccc2)c1. The number of anilines is 2. The van der Waals surface area contributed by atoms with E-state index in [9.17, 15) is 13.2 Å². The molecule has 3 aromatic carbocycles. The number of para-hydroxylation sites is 2. The fraction of sp³-hybridized carbons (Fsp3) is 0.208. The van der Waals surface area contributed by atoms with Crippen LogP contribution >= 0.6 is 0 Å². The van der Waals surface area contributed by atoms with E-state index in [1.807, 2.05) is 36.4 Å². The van der Waals surface area contributed by atoms with E-state index >= 15 is 0 Å². The Morgan fingerprint density at radius 2 is 1.62 bits per heavy atom. The third-order valence-corrected chi connectivity index (χ3v) is 6.60. The Balaban J connectivity index is 1.76. The molecule has 0 atom stereocenters. The highest BCUT2D eigenvalue weighted by molar-refractivity contribution is 7.92. The molecule has 0 saturated carbocycles. The standard InChI is InChI=1S/C24H26N2O5S/c1-3-26(19-10-6-4-7-11-19)32(28,29)21-14-15-23(30-2)22(18-21)25-24(27)16-17-31-20-12-8-5-9-13-20/h4-15,18H,3,16-17H2,1-2H3,(H,25,27). The maximum Gasteiger partial charge on any atom is 0.264 e. The molecule has 0 radical (unpaired) electrons. The van der Waals surface area contributed by atoms with Crippen molar-refractivity contribution in [3.05, 3.63) is 78.9 Å². The van der Waals surface area contributed by atoms with Crippen LogP contribution in [0.3, 0.4) is 0 Å².